The predicted octanol–water partition coefficient (Wildman–Crippen LogP) is 1.84. The zero-order chi connectivity index (χ0) is 16.4. The first kappa shape index (κ1) is 15.5. The third-order valence-corrected chi connectivity index (χ3v) is 5.48. The lowest BCUT2D eigenvalue weighted by atomic mass is 10.0. The molecule has 0 spiro atoms. The van der Waals surface area contributed by atoms with E-state index in [-0.39, 0.29) is 18.1 Å². The summed E-state index contributed by atoms with van der Waals surface area (Å²) in [6, 6.07) is 5.85. The molecule has 2 aliphatic heterocycles. The van der Waals surface area contributed by atoms with E-state index in [1.165, 1.54) is 4.88 Å². The minimum absolute atomic E-state index is 0.0298. The summed E-state index contributed by atoms with van der Waals surface area (Å²) in [7, 11) is 0. The zero-order valence-corrected chi connectivity index (χ0v) is 14.1. The van der Waals surface area contributed by atoms with E-state index in [0.717, 1.165) is 25.5 Å². The molecule has 0 aromatic carbocycles. The summed E-state index contributed by atoms with van der Waals surface area (Å²) in [6.07, 6.45) is 5.11. The Bertz CT molecular complexity index is 665. The van der Waals surface area contributed by atoms with Crippen LogP contribution in [0.1, 0.15) is 17.7 Å². The molecule has 1 amide bonds. The van der Waals surface area contributed by atoms with Crippen LogP contribution in [0.4, 0.5) is 5.95 Å². The van der Waals surface area contributed by atoms with Crippen molar-refractivity contribution < 1.29 is 9.53 Å². The Morgan fingerprint density at radius 2 is 2.21 bits per heavy atom. The van der Waals surface area contributed by atoms with E-state index in [4.69, 9.17) is 4.74 Å². The van der Waals surface area contributed by atoms with Gasteiger partial charge < -0.3 is 15.0 Å². The number of aromatic nitrogens is 2. The first-order valence-corrected chi connectivity index (χ1v) is 9.12. The number of nitrogens with one attached hydrogen (secondary N) is 1. The maximum atomic E-state index is 12.1. The fourth-order valence-electron chi connectivity index (χ4n) is 3.49. The van der Waals surface area contributed by atoms with E-state index >= 15 is 0 Å². The summed E-state index contributed by atoms with van der Waals surface area (Å²) < 4.78 is 6.09. The monoisotopic (exact) mass is 344 g/mol. The molecule has 2 aromatic heterocycles. The second-order valence-electron chi connectivity index (χ2n) is 6.31. The normalized spacial score (nSPS) is 25.7. The molecule has 1 N–H and O–H groups in total. The number of carbonyl (C=O) groups excluding carboxylic acids is 1. The maximum absolute atomic E-state index is 12.1. The number of fused-ring (bicyclic) bond motifs is 1. The van der Waals surface area contributed by atoms with Crippen LogP contribution in [0.5, 0.6) is 0 Å². The van der Waals surface area contributed by atoms with Crippen LogP contribution in [0, 0.1) is 5.92 Å². The van der Waals surface area contributed by atoms with Crippen LogP contribution in [0.2, 0.25) is 0 Å². The SMILES string of the molecule is O=C(C[C@H]1C[C@H]2CN(c3ncccn3)C[C@H]2O1)NCc1cccs1. The molecule has 126 valence electrons. The third-order valence-electron chi connectivity index (χ3n) is 4.60. The predicted molar refractivity (Wildman–Crippen MR) is 91.8 cm³/mol. The van der Waals surface area contributed by atoms with Crippen molar-refractivity contribution >= 4 is 23.2 Å². The van der Waals surface area contributed by atoms with E-state index in [0.29, 0.717) is 18.9 Å². The van der Waals surface area contributed by atoms with Gasteiger partial charge in [0.15, 0.2) is 0 Å². The number of rotatable bonds is 5. The Morgan fingerprint density at radius 3 is 2.96 bits per heavy atom. The van der Waals surface area contributed by atoms with Gasteiger partial charge in [-0.05, 0) is 23.9 Å². The van der Waals surface area contributed by atoms with Gasteiger partial charge in [-0.25, -0.2) is 9.97 Å². The van der Waals surface area contributed by atoms with Crippen LogP contribution in [0.3, 0.4) is 0 Å². The van der Waals surface area contributed by atoms with Crippen LogP contribution >= 0.6 is 11.3 Å². The molecule has 0 saturated carbocycles. The maximum Gasteiger partial charge on any atom is 0.225 e. The molecule has 7 heteroatoms. The Morgan fingerprint density at radius 1 is 1.33 bits per heavy atom. The van der Waals surface area contributed by atoms with Crippen molar-refractivity contribution in [1.82, 2.24) is 15.3 Å². The first-order chi connectivity index (χ1) is 11.8. The zero-order valence-electron chi connectivity index (χ0n) is 13.3. The van der Waals surface area contributed by atoms with Crippen molar-refractivity contribution in [2.24, 2.45) is 5.92 Å². The molecular formula is C17H20N4O2S. The van der Waals surface area contributed by atoms with E-state index in [9.17, 15) is 4.79 Å². The van der Waals surface area contributed by atoms with Crippen molar-refractivity contribution in [2.45, 2.75) is 31.6 Å². The number of anilines is 1. The third kappa shape index (κ3) is 3.42. The second kappa shape index (κ2) is 6.86. The lowest BCUT2D eigenvalue weighted by molar-refractivity contribution is -0.123. The second-order valence-corrected chi connectivity index (χ2v) is 7.34. The number of carbonyl (C=O) groups is 1. The van der Waals surface area contributed by atoms with Gasteiger partial charge in [-0.15, -0.1) is 11.3 Å². The Labute approximate surface area is 144 Å². The van der Waals surface area contributed by atoms with Crippen LogP contribution in [-0.2, 0) is 16.1 Å². The minimum atomic E-state index is 0.0298. The van der Waals surface area contributed by atoms with Crippen molar-refractivity contribution in [3.05, 3.63) is 40.8 Å². The van der Waals surface area contributed by atoms with Gasteiger partial charge in [0.2, 0.25) is 11.9 Å². The molecule has 6 nitrogen and oxygen atoms in total. The summed E-state index contributed by atoms with van der Waals surface area (Å²) in [5.74, 6) is 1.29. The Kier molecular flexibility index (Phi) is 4.44. The number of hydrogen-bond acceptors (Lipinski definition) is 6. The van der Waals surface area contributed by atoms with Gasteiger partial charge in [-0.2, -0.15) is 0 Å². The molecule has 4 rings (SSSR count). The van der Waals surface area contributed by atoms with E-state index < -0.39 is 0 Å². The number of ether oxygens (including phenoxy) is 1. The van der Waals surface area contributed by atoms with Gasteiger partial charge in [0, 0.05) is 36.3 Å². The molecule has 2 saturated heterocycles. The molecule has 0 unspecified atom stereocenters. The van der Waals surface area contributed by atoms with Gasteiger partial charge in [0.1, 0.15) is 0 Å². The molecule has 3 atom stereocenters. The summed E-state index contributed by atoms with van der Waals surface area (Å²) in [4.78, 5) is 24.0. The van der Waals surface area contributed by atoms with E-state index in [2.05, 4.69) is 20.2 Å². The number of thiophene rings is 1. The summed E-state index contributed by atoms with van der Waals surface area (Å²) >= 11 is 1.66. The minimum Gasteiger partial charge on any atom is -0.372 e. The topological polar surface area (TPSA) is 67.4 Å². The molecule has 2 aromatic rings. The van der Waals surface area contributed by atoms with Crippen molar-refractivity contribution in [3.63, 3.8) is 0 Å². The van der Waals surface area contributed by atoms with Crippen molar-refractivity contribution in [3.8, 4) is 0 Å². The van der Waals surface area contributed by atoms with Crippen LogP contribution in [-0.4, -0.2) is 41.2 Å². The van der Waals surface area contributed by atoms with Crippen molar-refractivity contribution in [1.29, 1.82) is 0 Å². The van der Waals surface area contributed by atoms with Crippen molar-refractivity contribution in [2.75, 3.05) is 18.0 Å². The van der Waals surface area contributed by atoms with Gasteiger partial charge in [-0.1, -0.05) is 6.07 Å². The molecule has 2 aliphatic rings. The highest BCUT2D eigenvalue weighted by Gasteiger charge is 2.43. The summed E-state index contributed by atoms with van der Waals surface area (Å²) in [5.41, 5.74) is 0. The average molecular weight is 344 g/mol. The van der Waals surface area contributed by atoms with E-state index in [1.807, 2.05) is 23.6 Å². The van der Waals surface area contributed by atoms with Crippen LogP contribution in [0.25, 0.3) is 0 Å². The fraction of sp³-hybridized carbons (Fsp3) is 0.471. The van der Waals surface area contributed by atoms with E-state index in [1.54, 1.807) is 23.7 Å². The summed E-state index contributed by atoms with van der Waals surface area (Å²) in [5, 5.41) is 4.99. The Hall–Kier alpha value is -1.99. The van der Waals surface area contributed by atoms with Gasteiger partial charge in [0.25, 0.3) is 0 Å². The van der Waals surface area contributed by atoms with Gasteiger partial charge in [-0.3, -0.25) is 4.79 Å². The quantitative estimate of drug-likeness (QED) is 0.896. The molecule has 2 fully saturated rings. The summed E-state index contributed by atoms with van der Waals surface area (Å²) in [6.45, 7) is 2.32. The molecule has 0 radical (unpaired) electrons. The highest BCUT2D eigenvalue weighted by atomic mass is 32.1. The average Bonchev–Trinajstić information content (AvgIpc) is 3.30. The number of hydrogen-bond donors (Lipinski definition) is 1. The fourth-order valence-corrected chi connectivity index (χ4v) is 4.13. The first-order valence-electron chi connectivity index (χ1n) is 8.24. The molecule has 0 aliphatic carbocycles. The highest BCUT2D eigenvalue weighted by Crippen LogP contribution is 2.35. The van der Waals surface area contributed by atoms with Crippen LogP contribution in [0.15, 0.2) is 36.0 Å². The molecular weight excluding hydrogens is 324 g/mol. The molecule has 0 bridgehead atoms. The lowest BCUT2D eigenvalue weighted by Crippen LogP contribution is -2.29. The Balaban J connectivity index is 1.24. The number of amides is 1. The highest BCUT2D eigenvalue weighted by molar-refractivity contribution is 7.09. The molecule has 24 heavy (non-hydrogen) atoms. The van der Waals surface area contributed by atoms with Gasteiger partial charge in [0.05, 0.1) is 25.2 Å². The standard InChI is InChI=1S/C17H20N4O2S/c22-16(20-9-14-3-1-6-24-14)8-13-7-12-10-21(11-15(12)23-13)17-18-4-2-5-19-17/h1-6,12-13,15H,7-11H2,(H,20,22)/t12-,13+,15+/m0/s1. The molecule has 4 heterocycles. The van der Waals surface area contributed by atoms with Gasteiger partial charge >= 0.3 is 0 Å². The lowest BCUT2D eigenvalue weighted by Gasteiger charge is -2.18. The largest absolute Gasteiger partial charge is 0.372 e. The smallest absolute Gasteiger partial charge is 0.225 e. The number of nitrogens with zero attached hydrogens (tertiary/aromatic N) is 3. The van der Waals surface area contributed by atoms with Crippen LogP contribution < -0.4 is 10.2 Å².